The van der Waals surface area contributed by atoms with Gasteiger partial charge in [0.2, 0.25) is 0 Å². The molecule has 0 rings (SSSR count). The van der Waals surface area contributed by atoms with E-state index in [4.69, 9.17) is 9.47 Å². The van der Waals surface area contributed by atoms with Crippen LogP contribution in [-0.2, 0) is 23.9 Å². The number of rotatable bonds is 35. The van der Waals surface area contributed by atoms with E-state index in [0.29, 0.717) is 24.5 Å². The van der Waals surface area contributed by atoms with Gasteiger partial charge in [-0.2, -0.15) is 11.8 Å². The molecule has 5 nitrogen and oxygen atoms in total. The van der Waals surface area contributed by atoms with Crippen molar-refractivity contribution in [3.05, 3.63) is 0 Å². The minimum Gasteiger partial charge on any atom is -0.466 e. The van der Waals surface area contributed by atoms with Crippen molar-refractivity contribution in [1.82, 2.24) is 0 Å². The molecule has 0 saturated carbocycles. The van der Waals surface area contributed by atoms with Crippen molar-refractivity contribution in [2.45, 2.75) is 200 Å². The van der Waals surface area contributed by atoms with Gasteiger partial charge in [-0.3, -0.25) is 9.59 Å². The van der Waals surface area contributed by atoms with Gasteiger partial charge in [0.1, 0.15) is 12.4 Å². The Labute approximate surface area is 277 Å². The van der Waals surface area contributed by atoms with Crippen LogP contribution in [0.2, 0.25) is 0 Å². The number of aldehydes is 1. The van der Waals surface area contributed by atoms with E-state index in [-0.39, 0.29) is 24.5 Å². The van der Waals surface area contributed by atoms with Crippen LogP contribution in [0.4, 0.5) is 0 Å². The first kappa shape index (κ1) is 43.0. The lowest BCUT2D eigenvalue weighted by molar-refractivity contribution is -0.154. The van der Waals surface area contributed by atoms with Crippen LogP contribution in [0.5, 0.6) is 0 Å². The molecule has 0 aliphatic heterocycles. The molecule has 0 aliphatic rings. The Morgan fingerprint density at radius 2 is 1.05 bits per heavy atom. The highest BCUT2D eigenvalue weighted by atomic mass is 32.2. The molecule has 0 amide bonds. The second-order valence-electron chi connectivity index (χ2n) is 12.9. The summed E-state index contributed by atoms with van der Waals surface area (Å²) < 4.78 is 11.4. The first-order valence-electron chi connectivity index (χ1n) is 19.0. The molecule has 0 fully saturated rings. The van der Waals surface area contributed by atoms with Crippen molar-refractivity contribution in [3.63, 3.8) is 0 Å². The fraction of sp³-hybridized carbons (Fsp3) is 0.921. The topological polar surface area (TPSA) is 69.7 Å². The molecule has 0 N–H and O–H groups in total. The van der Waals surface area contributed by atoms with Gasteiger partial charge in [-0.25, -0.2) is 0 Å². The Morgan fingerprint density at radius 1 is 0.614 bits per heavy atom. The average Bonchev–Trinajstić information content (AvgIpc) is 3.02. The van der Waals surface area contributed by atoms with Gasteiger partial charge >= 0.3 is 11.9 Å². The Bertz CT molecular complexity index is 625. The SMILES string of the molecule is CCCCCCCCCCCCCOC(=O)CCSCC(CC=O)C(=O)OC(CCCCCCCC)CCCCCCCC. The lowest BCUT2D eigenvalue weighted by atomic mass is 10.0. The quantitative estimate of drug-likeness (QED) is 0.0390. The van der Waals surface area contributed by atoms with Crippen LogP contribution in [-0.4, -0.2) is 42.4 Å². The van der Waals surface area contributed by atoms with Gasteiger partial charge in [0.15, 0.2) is 0 Å². The van der Waals surface area contributed by atoms with E-state index in [1.165, 1.54) is 122 Å². The molecule has 0 aromatic carbocycles. The smallest absolute Gasteiger partial charge is 0.310 e. The average molecular weight is 641 g/mol. The van der Waals surface area contributed by atoms with Crippen molar-refractivity contribution in [2.24, 2.45) is 5.92 Å². The van der Waals surface area contributed by atoms with Crippen molar-refractivity contribution in [2.75, 3.05) is 18.1 Å². The van der Waals surface area contributed by atoms with Crippen molar-refractivity contribution >= 4 is 30.0 Å². The summed E-state index contributed by atoms with van der Waals surface area (Å²) in [6.07, 6.45) is 31.8. The van der Waals surface area contributed by atoms with Gasteiger partial charge < -0.3 is 14.3 Å². The van der Waals surface area contributed by atoms with Crippen LogP contribution in [0.1, 0.15) is 194 Å². The van der Waals surface area contributed by atoms with Crippen LogP contribution in [0, 0.1) is 5.92 Å². The maximum atomic E-state index is 13.1. The molecule has 0 aromatic rings. The number of ether oxygens (including phenoxy) is 2. The summed E-state index contributed by atoms with van der Waals surface area (Å²) in [5.41, 5.74) is 0. The third-order valence-corrected chi connectivity index (χ3v) is 9.67. The van der Waals surface area contributed by atoms with Crippen LogP contribution >= 0.6 is 11.8 Å². The molecule has 6 heteroatoms. The standard InChI is InChI=1S/C38H72O5S/c1-4-7-10-13-16-17-18-19-20-23-26-32-42-37(40)30-33-44-34-35(29-31-39)38(41)43-36(27-24-21-14-11-8-5-2)28-25-22-15-12-9-6-3/h31,35-36H,4-30,32-34H2,1-3H3. The maximum Gasteiger partial charge on any atom is 0.310 e. The molecule has 0 aromatic heterocycles. The van der Waals surface area contributed by atoms with Crippen LogP contribution in [0.25, 0.3) is 0 Å². The largest absolute Gasteiger partial charge is 0.466 e. The molecule has 0 bridgehead atoms. The summed E-state index contributed by atoms with van der Waals surface area (Å²) >= 11 is 1.54. The maximum absolute atomic E-state index is 13.1. The molecule has 260 valence electrons. The normalized spacial score (nSPS) is 12.0. The van der Waals surface area contributed by atoms with Gasteiger partial charge in [-0.15, -0.1) is 0 Å². The first-order valence-corrected chi connectivity index (χ1v) is 20.1. The van der Waals surface area contributed by atoms with Crippen LogP contribution < -0.4 is 0 Å². The number of thioether (sulfide) groups is 1. The summed E-state index contributed by atoms with van der Waals surface area (Å²) in [4.78, 5) is 36.6. The predicted octanol–water partition coefficient (Wildman–Crippen LogP) is 11.6. The van der Waals surface area contributed by atoms with E-state index in [9.17, 15) is 14.4 Å². The lowest BCUT2D eigenvalue weighted by Crippen LogP contribution is -2.26. The highest BCUT2D eigenvalue weighted by molar-refractivity contribution is 7.99. The number of hydrogen-bond acceptors (Lipinski definition) is 6. The van der Waals surface area contributed by atoms with E-state index in [1.54, 1.807) is 11.8 Å². The zero-order valence-electron chi connectivity index (χ0n) is 29.4. The molecule has 0 radical (unpaired) electrons. The zero-order chi connectivity index (χ0) is 32.4. The molecule has 0 saturated heterocycles. The molecule has 0 heterocycles. The summed E-state index contributed by atoms with van der Waals surface area (Å²) in [5, 5.41) is 0. The van der Waals surface area contributed by atoms with Crippen molar-refractivity contribution in [1.29, 1.82) is 0 Å². The van der Waals surface area contributed by atoms with E-state index in [0.717, 1.165) is 44.8 Å². The first-order chi connectivity index (χ1) is 21.6. The monoisotopic (exact) mass is 641 g/mol. The van der Waals surface area contributed by atoms with Gasteiger partial charge in [0.25, 0.3) is 0 Å². The summed E-state index contributed by atoms with van der Waals surface area (Å²) in [5.74, 6) is 0.243. The molecule has 1 atom stereocenters. The summed E-state index contributed by atoms with van der Waals surface area (Å²) in [7, 11) is 0. The van der Waals surface area contributed by atoms with Crippen LogP contribution in [0.15, 0.2) is 0 Å². The van der Waals surface area contributed by atoms with E-state index in [2.05, 4.69) is 20.8 Å². The highest BCUT2D eigenvalue weighted by Crippen LogP contribution is 2.21. The second kappa shape index (κ2) is 34.8. The second-order valence-corrected chi connectivity index (χ2v) is 14.0. The number of esters is 2. The Kier molecular flexibility index (Phi) is 34.0. The Morgan fingerprint density at radius 3 is 1.50 bits per heavy atom. The predicted molar refractivity (Wildman–Crippen MR) is 189 cm³/mol. The molecular formula is C38H72O5S. The fourth-order valence-corrected chi connectivity index (χ4v) is 6.62. The minimum atomic E-state index is -0.443. The third kappa shape index (κ3) is 29.7. The summed E-state index contributed by atoms with van der Waals surface area (Å²) in [6, 6.07) is 0. The number of hydrogen-bond donors (Lipinski definition) is 0. The van der Waals surface area contributed by atoms with Crippen LogP contribution in [0.3, 0.4) is 0 Å². The molecule has 0 aliphatic carbocycles. The van der Waals surface area contributed by atoms with Gasteiger partial charge in [-0.1, -0.05) is 149 Å². The Hall–Kier alpha value is -1.04. The number of carbonyl (C=O) groups excluding carboxylic acids is 3. The lowest BCUT2D eigenvalue weighted by Gasteiger charge is -2.21. The van der Waals surface area contributed by atoms with Gasteiger partial charge in [0.05, 0.1) is 18.9 Å². The molecule has 1 unspecified atom stereocenters. The zero-order valence-corrected chi connectivity index (χ0v) is 30.2. The molecule has 44 heavy (non-hydrogen) atoms. The van der Waals surface area contributed by atoms with Gasteiger partial charge in [0, 0.05) is 17.9 Å². The number of carbonyl (C=O) groups is 3. The fourth-order valence-electron chi connectivity index (χ4n) is 5.58. The van der Waals surface area contributed by atoms with Crippen molar-refractivity contribution < 1.29 is 23.9 Å². The minimum absolute atomic E-state index is 0.0514. The van der Waals surface area contributed by atoms with Crippen molar-refractivity contribution in [3.8, 4) is 0 Å². The number of unbranched alkanes of at least 4 members (excludes halogenated alkanes) is 20. The third-order valence-electron chi connectivity index (χ3n) is 8.54. The van der Waals surface area contributed by atoms with E-state index in [1.807, 2.05) is 0 Å². The highest BCUT2D eigenvalue weighted by Gasteiger charge is 2.23. The molecule has 0 spiro atoms. The molecular weight excluding hydrogens is 568 g/mol. The Balaban J connectivity index is 4.23. The van der Waals surface area contributed by atoms with E-state index >= 15 is 0 Å². The van der Waals surface area contributed by atoms with E-state index < -0.39 is 5.92 Å². The van der Waals surface area contributed by atoms with Gasteiger partial charge in [-0.05, 0) is 32.1 Å². The summed E-state index contributed by atoms with van der Waals surface area (Å²) in [6.45, 7) is 7.22.